The Hall–Kier alpha value is -0.200. The second-order valence-corrected chi connectivity index (χ2v) is 2.80. The van der Waals surface area contributed by atoms with Crippen LogP contribution >= 0.6 is 0 Å². The van der Waals surface area contributed by atoms with Crippen LogP contribution in [0.1, 0.15) is 0 Å². The van der Waals surface area contributed by atoms with Crippen LogP contribution < -0.4 is 0 Å². The zero-order valence-corrected chi connectivity index (χ0v) is 5.75. The van der Waals surface area contributed by atoms with E-state index in [2.05, 4.69) is 0 Å². The molecule has 0 amide bonds. The van der Waals surface area contributed by atoms with E-state index in [1.54, 1.807) is 0 Å². The highest BCUT2D eigenvalue weighted by Gasteiger charge is 2.56. The van der Waals surface area contributed by atoms with E-state index in [0.29, 0.717) is 0 Å². The van der Waals surface area contributed by atoms with Crippen LogP contribution in [-0.2, 0) is 9.47 Å². The van der Waals surface area contributed by atoms with E-state index in [0.717, 1.165) is 0 Å². The summed E-state index contributed by atoms with van der Waals surface area (Å²) in [5, 5.41) is 27.0. The zero-order valence-electron chi connectivity index (χ0n) is 5.75. The first-order valence-corrected chi connectivity index (χ1v) is 3.52. The molecule has 2 fully saturated rings. The molecule has 0 aromatic heterocycles. The van der Waals surface area contributed by atoms with Gasteiger partial charge in [0.1, 0.15) is 24.4 Å². The second kappa shape index (κ2) is 2.40. The van der Waals surface area contributed by atoms with Gasteiger partial charge in [-0.05, 0) is 0 Å². The highest BCUT2D eigenvalue weighted by Crippen LogP contribution is 2.36. The number of epoxide rings is 1. The van der Waals surface area contributed by atoms with Gasteiger partial charge < -0.3 is 24.8 Å². The highest BCUT2D eigenvalue weighted by molar-refractivity contribution is 4.99. The van der Waals surface area contributed by atoms with Crippen molar-refractivity contribution in [3.05, 3.63) is 0 Å². The molecule has 0 spiro atoms. The van der Waals surface area contributed by atoms with Gasteiger partial charge in [-0.2, -0.15) is 0 Å². The van der Waals surface area contributed by atoms with Crippen LogP contribution in [0.2, 0.25) is 0 Å². The summed E-state index contributed by atoms with van der Waals surface area (Å²) in [6.07, 6.45) is -3.27. The van der Waals surface area contributed by atoms with Crippen molar-refractivity contribution in [2.75, 3.05) is 6.61 Å². The maximum absolute atomic E-state index is 9.28. The lowest BCUT2D eigenvalue weighted by Crippen LogP contribution is -2.46. The molecule has 0 aromatic rings. The fraction of sp³-hybridized carbons (Fsp3) is 1.00. The summed E-state index contributed by atoms with van der Waals surface area (Å²) < 4.78 is 9.73. The van der Waals surface area contributed by atoms with Gasteiger partial charge >= 0.3 is 0 Å². The van der Waals surface area contributed by atoms with Gasteiger partial charge in [-0.15, -0.1) is 0 Å². The van der Waals surface area contributed by atoms with Gasteiger partial charge in [-0.3, -0.25) is 0 Å². The molecule has 0 radical (unpaired) electrons. The normalized spacial score (nSPS) is 55.4. The molecular formula is C6H10O5. The van der Waals surface area contributed by atoms with Gasteiger partial charge in [0.2, 0.25) is 0 Å². The lowest BCUT2D eigenvalue weighted by atomic mass is 10.1. The Morgan fingerprint density at radius 3 is 2.45 bits per heavy atom. The summed E-state index contributed by atoms with van der Waals surface area (Å²) >= 11 is 0. The zero-order chi connectivity index (χ0) is 8.01. The van der Waals surface area contributed by atoms with Crippen molar-refractivity contribution in [3.63, 3.8) is 0 Å². The Morgan fingerprint density at radius 1 is 1.09 bits per heavy atom. The summed E-state index contributed by atoms with van der Waals surface area (Å²) in [5.41, 5.74) is 0. The Balaban J connectivity index is 2.02. The fourth-order valence-corrected chi connectivity index (χ4v) is 1.34. The molecule has 11 heavy (non-hydrogen) atoms. The Morgan fingerprint density at radius 2 is 1.82 bits per heavy atom. The molecule has 1 unspecified atom stereocenters. The van der Waals surface area contributed by atoms with Gasteiger partial charge in [-0.25, -0.2) is 0 Å². The van der Waals surface area contributed by atoms with Crippen LogP contribution in [0, 0.1) is 0 Å². The Bertz CT molecular complexity index is 161. The van der Waals surface area contributed by atoms with Crippen LogP contribution in [0.25, 0.3) is 0 Å². The lowest BCUT2D eigenvalue weighted by molar-refractivity contribution is -0.194. The summed E-state index contributed by atoms with van der Waals surface area (Å²) in [6, 6.07) is 0. The number of aliphatic hydroxyl groups is 3. The number of aliphatic hydroxyl groups excluding tert-OH is 3. The third-order valence-corrected chi connectivity index (χ3v) is 2.05. The quantitative estimate of drug-likeness (QED) is 0.382. The molecule has 2 aliphatic heterocycles. The smallest absolute Gasteiger partial charge is 0.184 e. The average molecular weight is 162 g/mol. The lowest BCUT2D eigenvalue weighted by Gasteiger charge is -2.26. The third-order valence-electron chi connectivity index (χ3n) is 2.05. The summed E-state index contributed by atoms with van der Waals surface area (Å²) in [5.74, 6) is 0. The van der Waals surface area contributed by atoms with E-state index >= 15 is 0 Å². The molecule has 3 N–H and O–H groups in total. The van der Waals surface area contributed by atoms with Crippen molar-refractivity contribution >= 4 is 0 Å². The van der Waals surface area contributed by atoms with Crippen LogP contribution in [0.4, 0.5) is 0 Å². The van der Waals surface area contributed by atoms with Crippen LogP contribution in [0.15, 0.2) is 0 Å². The monoisotopic (exact) mass is 162 g/mol. The van der Waals surface area contributed by atoms with Crippen LogP contribution in [-0.4, -0.2) is 52.6 Å². The topological polar surface area (TPSA) is 82.5 Å². The van der Waals surface area contributed by atoms with Gasteiger partial charge in [0.05, 0.1) is 6.61 Å². The number of hydrogen-bond donors (Lipinski definition) is 3. The van der Waals surface area contributed by atoms with Gasteiger partial charge in [0, 0.05) is 0 Å². The molecule has 5 atom stereocenters. The Kier molecular flexibility index (Phi) is 1.62. The van der Waals surface area contributed by atoms with Crippen LogP contribution in [0.3, 0.4) is 0 Å². The molecule has 0 aliphatic carbocycles. The van der Waals surface area contributed by atoms with E-state index in [4.69, 9.17) is 19.7 Å². The minimum Gasteiger partial charge on any atom is -0.394 e. The number of fused-ring (bicyclic) bond motifs is 1. The second-order valence-electron chi connectivity index (χ2n) is 2.80. The van der Waals surface area contributed by atoms with Crippen molar-refractivity contribution in [1.29, 1.82) is 0 Å². The van der Waals surface area contributed by atoms with Gasteiger partial charge in [0.15, 0.2) is 6.29 Å². The third kappa shape index (κ3) is 1.05. The van der Waals surface area contributed by atoms with E-state index in [1.807, 2.05) is 0 Å². The Labute approximate surface area is 63.2 Å². The standard InChI is InChI=1S/C6H10O5/c7-1-2-3(8)4-5(11-4)6(9)10-2/h2-9H,1H2/t2-,3-,4+,5+,6?/m1/s1. The SMILES string of the molecule is OC[C@H]1OC(O)[C@H]2O[C@H]2[C@@H]1O. The van der Waals surface area contributed by atoms with Crippen molar-refractivity contribution in [3.8, 4) is 0 Å². The van der Waals surface area contributed by atoms with Crippen molar-refractivity contribution in [1.82, 2.24) is 0 Å². The first-order valence-electron chi connectivity index (χ1n) is 3.52. The van der Waals surface area contributed by atoms with Crippen LogP contribution in [0.5, 0.6) is 0 Å². The minimum absolute atomic E-state index is 0.301. The largest absolute Gasteiger partial charge is 0.394 e. The number of rotatable bonds is 1. The highest BCUT2D eigenvalue weighted by atomic mass is 16.7. The molecule has 2 saturated heterocycles. The molecule has 0 bridgehead atoms. The minimum atomic E-state index is -0.999. The average Bonchev–Trinajstić information content (AvgIpc) is 2.75. The molecule has 2 heterocycles. The molecule has 5 heteroatoms. The number of ether oxygens (including phenoxy) is 2. The van der Waals surface area contributed by atoms with Crippen molar-refractivity contribution < 1.29 is 24.8 Å². The molecule has 0 aromatic carbocycles. The van der Waals surface area contributed by atoms with Gasteiger partial charge in [0.25, 0.3) is 0 Å². The van der Waals surface area contributed by atoms with E-state index in [-0.39, 0.29) is 12.7 Å². The fourth-order valence-electron chi connectivity index (χ4n) is 1.34. The predicted octanol–water partition coefficient (Wildman–Crippen LogP) is -2.18. The van der Waals surface area contributed by atoms with Gasteiger partial charge in [-0.1, -0.05) is 0 Å². The maximum Gasteiger partial charge on any atom is 0.184 e. The predicted molar refractivity (Wildman–Crippen MR) is 32.6 cm³/mol. The molecule has 0 saturated carbocycles. The molecular weight excluding hydrogens is 152 g/mol. The maximum atomic E-state index is 9.28. The molecule has 2 aliphatic rings. The molecule has 5 nitrogen and oxygen atoms in total. The van der Waals surface area contributed by atoms with Crippen molar-refractivity contribution in [2.24, 2.45) is 0 Å². The summed E-state index contributed by atoms with van der Waals surface area (Å²) in [6.45, 7) is -0.301. The van der Waals surface area contributed by atoms with E-state index in [9.17, 15) is 5.11 Å². The molecule has 64 valence electrons. The molecule has 2 rings (SSSR count). The summed E-state index contributed by atoms with van der Waals surface area (Å²) in [4.78, 5) is 0. The van der Waals surface area contributed by atoms with E-state index in [1.165, 1.54) is 0 Å². The number of hydrogen-bond acceptors (Lipinski definition) is 5. The first-order chi connectivity index (χ1) is 5.24. The van der Waals surface area contributed by atoms with Crippen molar-refractivity contribution in [2.45, 2.75) is 30.7 Å². The van der Waals surface area contributed by atoms with E-state index < -0.39 is 24.6 Å². The first kappa shape index (κ1) is 7.45. The summed E-state index contributed by atoms with van der Waals surface area (Å²) in [7, 11) is 0.